The number of ether oxygens (including phenoxy) is 2. The van der Waals surface area contributed by atoms with Gasteiger partial charge in [0.05, 0.1) is 30.4 Å². The Morgan fingerprint density at radius 1 is 1.22 bits per heavy atom. The SMILES string of the molecule is O=C(Cc1cn2cc(Cl)ccc2n1)N1CCC2(CC1)OCCO2. The second kappa shape index (κ2) is 5.78. The number of hydrogen-bond donors (Lipinski definition) is 0. The van der Waals surface area contributed by atoms with Crippen molar-refractivity contribution >= 4 is 23.2 Å². The fourth-order valence-corrected chi connectivity index (χ4v) is 3.42. The van der Waals surface area contributed by atoms with E-state index in [4.69, 9.17) is 21.1 Å². The molecule has 7 heteroatoms. The molecule has 0 N–H and O–H groups in total. The Morgan fingerprint density at radius 3 is 2.70 bits per heavy atom. The number of carbonyl (C=O) groups excluding carboxylic acids is 1. The molecule has 1 amide bonds. The number of nitrogens with zero attached hydrogens (tertiary/aromatic N) is 3. The van der Waals surface area contributed by atoms with Gasteiger partial charge in [-0.2, -0.15) is 0 Å². The number of aromatic nitrogens is 2. The van der Waals surface area contributed by atoms with Crippen molar-refractivity contribution in [2.45, 2.75) is 25.0 Å². The topological polar surface area (TPSA) is 56.1 Å². The van der Waals surface area contributed by atoms with Crippen LogP contribution in [0.2, 0.25) is 5.02 Å². The van der Waals surface area contributed by atoms with Crippen molar-refractivity contribution in [2.75, 3.05) is 26.3 Å². The van der Waals surface area contributed by atoms with Gasteiger partial charge in [-0.05, 0) is 12.1 Å². The lowest BCUT2D eigenvalue weighted by atomic mass is 10.0. The van der Waals surface area contributed by atoms with Crippen LogP contribution in [0.1, 0.15) is 18.5 Å². The molecule has 2 fully saturated rings. The zero-order valence-electron chi connectivity index (χ0n) is 12.7. The van der Waals surface area contributed by atoms with E-state index < -0.39 is 5.79 Å². The fourth-order valence-electron chi connectivity index (χ4n) is 3.25. The molecule has 2 aromatic heterocycles. The van der Waals surface area contributed by atoms with Crippen molar-refractivity contribution in [3.63, 3.8) is 0 Å². The molecule has 23 heavy (non-hydrogen) atoms. The molecule has 0 aliphatic carbocycles. The maximum absolute atomic E-state index is 12.5. The first-order valence-electron chi connectivity index (χ1n) is 7.82. The number of fused-ring (bicyclic) bond motifs is 1. The number of halogens is 1. The van der Waals surface area contributed by atoms with Gasteiger partial charge in [-0.25, -0.2) is 4.98 Å². The number of hydrogen-bond acceptors (Lipinski definition) is 4. The van der Waals surface area contributed by atoms with Crippen LogP contribution in [0.25, 0.3) is 5.65 Å². The summed E-state index contributed by atoms with van der Waals surface area (Å²) >= 11 is 5.97. The molecular formula is C16H18ClN3O3. The summed E-state index contributed by atoms with van der Waals surface area (Å²) in [5, 5.41) is 0.644. The van der Waals surface area contributed by atoms with Gasteiger partial charge in [-0.15, -0.1) is 0 Å². The van der Waals surface area contributed by atoms with Crippen LogP contribution in [0, 0.1) is 0 Å². The molecule has 6 nitrogen and oxygen atoms in total. The predicted molar refractivity (Wildman–Crippen MR) is 84.4 cm³/mol. The summed E-state index contributed by atoms with van der Waals surface area (Å²) in [6.45, 7) is 2.63. The highest BCUT2D eigenvalue weighted by Gasteiger charge is 2.40. The van der Waals surface area contributed by atoms with Crippen LogP contribution in [0.3, 0.4) is 0 Å². The van der Waals surface area contributed by atoms with E-state index in [-0.39, 0.29) is 5.91 Å². The largest absolute Gasteiger partial charge is 0.347 e. The highest BCUT2D eigenvalue weighted by atomic mass is 35.5. The van der Waals surface area contributed by atoms with E-state index in [1.165, 1.54) is 0 Å². The van der Waals surface area contributed by atoms with E-state index >= 15 is 0 Å². The van der Waals surface area contributed by atoms with Gasteiger partial charge in [-0.3, -0.25) is 4.79 Å². The maximum atomic E-state index is 12.5. The minimum absolute atomic E-state index is 0.0901. The number of likely N-dealkylation sites (tertiary alicyclic amines) is 1. The van der Waals surface area contributed by atoms with E-state index in [1.807, 2.05) is 21.6 Å². The molecule has 0 atom stereocenters. The zero-order valence-corrected chi connectivity index (χ0v) is 13.5. The van der Waals surface area contributed by atoms with Gasteiger partial charge in [0.15, 0.2) is 5.79 Å². The van der Waals surface area contributed by atoms with Crippen LogP contribution in [0.15, 0.2) is 24.5 Å². The minimum Gasteiger partial charge on any atom is -0.347 e. The monoisotopic (exact) mass is 335 g/mol. The van der Waals surface area contributed by atoms with Gasteiger partial charge in [0.1, 0.15) is 5.65 Å². The normalized spacial score (nSPS) is 20.5. The van der Waals surface area contributed by atoms with Gasteiger partial charge >= 0.3 is 0 Å². The molecule has 1 spiro atoms. The molecular weight excluding hydrogens is 318 g/mol. The highest BCUT2D eigenvalue weighted by Crippen LogP contribution is 2.31. The molecule has 0 bridgehead atoms. The van der Waals surface area contributed by atoms with Crippen LogP contribution < -0.4 is 0 Å². The summed E-state index contributed by atoms with van der Waals surface area (Å²) in [6, 6.07) is 3.64. The molecule has 0 unspecified atom stereocenters. The molecule has 4 heterocycles. The van der Waals surface area contributed by atoms with Crippen molar-refractivity contribution in [3.8, 4) is 0 Å². The van der Waals surface area contributed by atoms with E-state index in [0.717, 1.165) is 24.2 Å². The Kier molecular flexibility index (Phi) is 3.75. The second-order valence-electron chi connectivity index (χ2n) is 6.01. The average Bonchev–Trinajstić information content (AvgIpc) is 3.14. The van der Waals surface area contributed by atoms with Gasteiger partial charge in [0, 0.05) is 38.3 Å². The van der Waals surface area contributed by atoms with Crippen LogP contribution >= 0.6 is 11.6 Å². The molecule has 0 saturated carbocycles. The third-order valence-corrected chi connectivity index (χ3v) is 4.71. The number of piperidine rings is 1. The Hall–Kier alpha value is -1.63. The second-order valence-corrected chi connectivity index (χ2v) is 6.45. The van der Waals surface area contributed by atoms with Gasteiger partial charge < -0.3 is 18.8 Å². The number of pyridine rings is 1. The Morgan fingerprint density at radius 2 is 1.96 bits per heavy atom. The summed E-state index contributed by atoms with van der Waals surface area (Å²) in [5.41, 5.74) is 1.55. The summed E-state index contributed by atoms with van der Waals surface area (Å²) in [7, 11) is 0. The number of imidazole rings is 1. The maximum Gasteiger partial charge on any atom is 0.228 e. The van der Waals surface area contributed by atoms with E-state index in [2.05, 4.69) is 4.98 Å². The lowest BCUT2D eigenvalue weighted by Crippen LogP contribution is -2.47. The van der Waals surface area contributed by atoms with E-state index in [9.17, 15) is 4.79 Å². The van der Waals surface area contributed by atoms with Gasteiger partial charge in [0.2, 0.25) is 5.91 Å². The van der Waals surface area contributed by atoms with Gasteiger partial charge in [-0.1, -0.05) is 11.6 Å². The number of rotatable bonds is 2. The molecule has 2 saturated heterocycles. The molecule has 0 radical (unpaired) electrons. The molecule has 2 aromatic rings. The van der Waals surface area contributed by atoms with E-state index in [1.54, 1.807) is 12.3 Å². The smallest absolute Gasteiger partial charge is 0.228 e. The van der Waals surface area contributed by atoms with Crippen LogP contribution in [0.5, 0.6) is 0 Å². The highest BCUT2D eigenvalue weighted by molar-refractivity contribution is 6.30. The van der Waals surface area contributed by atoms with Crippen LogP contribution in [0.4, 0.5) is 0 Å². The van der Waals surface area contributed by atoms with Crippen molar-refractivity contribution in [1.29, 1.82) is 0 Å². The quantitative estimate of drug-likeness (QED) is 0.841. The molecule has 0 aromatic carbocycles. The number of carbonyl (C=O) groups is 1. The molecule has 2 aliphatic heterocycles. The van der Waals surface area contributed by atoms with Crippen molar-refractivity contribution < 1.29 is 14.3 Å². The lowest BCUT2D eigenvalue weighted by molar-refractivity contribution is -0.187. The van der Waals surface area contributed by atoms with Crippen LogP contribution in [-0.4, -0.2) is 52.3 Å². The first-order chi connectivity index (χ1) is 11.1. The fraction of sp³-hybridized carbons (Fsp3) is 0.500. The standard InChI is InChI=1S/C16H18ClN3O3/c17-12-1-2-14-18-13(11-20(14)10-12)9-15(21)19-5-3-16(4-6-19)22-7-8-23-16/h1-2,10-11H,3-9H2. The Balaban J connectivity index is 1.41. The van der Waals surface area contributed by atoms with Gasteiger partial charge in [0.25, 0.3) is 0 Å². The minimum atomic E-state index is -0.448. The Labute approximate surface area is 138 Å². The summed E-state index contributed by atoms with van der Waals surface area (Å²) < 4.78 is 13.2. The number of amides is 1. The molecule has 4 rings (SSSR count). The zero-order chi connectivity index (χ0) is 15.9. The summed E-state index contributed by atoms with van der Waals surface area (Å²) in [6.07, 6.45) is 5.41. The van der Waals surface area contributed by atoms with Crippen molar-refractivity contribution in [1.82, 2.24) is 14.3 Å². The lowest BCUT2D eigenvalue weighted by Gasteiger charge is -2.37. The summed E-state index contributed by atoms with van der Waals surface area (Å²) in [4.78, 5) is 18.8. The van der Waals surface area contributed by atoms with Crippen molar-refractivity contribution in [2.24, 2.45) is 0 Å². The predicted octanol–water partition coefficient (Wildman–Crippen LogP) is 1.90. The first-order valence-corrected chi connectivity index (χ1v) is 8.20. The third-order valence-electron chi connectivity index (χ3n) is 4.49. The molecule has 122 valence electrons. The van der Waals surface area contributed by atoms with Crippen LogP contribution in [-0.2, 0) is 20.7 Å². The summed E-state index contributed by atoms with van der Waals surface area (Å²) in [5.74, 6) is -0.358. The third kappa shape index (κ3) is 2.94. The first kappa shape index (κ1) is 14.9. The Bertz CT molecular complexity index is 729. The average molecular weight is 336 g/mol. The molecule has 2 aliphatic rings. The van der Waals surface area contributed by atoms with E-state index in [0.29, 0.717) is 37.7 Å². The van der Waals surface area contributed by atoms with Crippen molar-refractivity contribution in [3.05, 3.63) is 35.2 Å².